The van der Waals surface area contributed by atoms with Crippen molar-refractivity contribution in [1.82, 2.24) is 0 Å². The van der Waals surface area contributed by atoms with Gasteiger partial charge in [-0.1, -0.05) is 20.4 Å². The van der Waals surface area contributed by atoms with E-state index in [1.54, 1.807) is 0 Å². The summed E-state index contributed by atoms with van der Waals surface area (Å²) in [4.78, 5) is 0. The summed E-state index contributed by atoms with van der Waals surface area (Å²) in [7, 11) is 0. The van der Waals surface area contributed by atoms with Crippen LogP contribution in [0.3, 0.4) is 0 Å². The Hall–Kier alpha value is -0.300. The van der Waals surface area contributed by atoms with Gasteiger partial charge in [-0.3, -0.25) is 0 Å². The minimum Gasteiger partial charge on any atom is -0.374 e. The first-order valence-corrected chi connectivity index (χ1v) is 4.52. The summed E-state index contributed by atoms with van der Waals surface area (Å²) in [5.41, 5.74) is 1.27. The molecule has 0 saturated carbocycles. The van der Waals surface area contributed by atoms with E-state index in [0.717, 1.165) is 6.61 Å². The van der Waals surface area contributed by atoms with Crippen LogP contribution >= 0.6 is 0 Å². The first-order chi connectivity index (χ1) is 5.22. The van der Waals surface area contributed by atoms with Crippen LogP contribution in [0.15, 0.2) is 12.2 Å². The summed E-state index contributed by atoms with van der Waals surface area (Å²) in [5, 5.41) is 0. The van der Waals surface area contributed by atoms with Gasteiger partial charge < -0.3 is 4.74 Å². The smallest absolute Gasteiger partial charge is 0.0784 e. The lowest BCUT2D eigenvalue weighted by molar-refractivity contribution is 0.0348. The lowest BCUT2D eigenvalue weighted by Gasteiger charge is -2.26. The molecule has 1 nitrogen and oxygen atoms in total. The van der Waals surface area contributed by atoms with Crippen LogP contribution < -0.4 is 0 Å². The maximum absolute atomic E-state index is 5.60. The zero-order valence-corrected chi connectivity index (χ0v) is 7.60. The van der Waals surface area contributed by atoms with Gasteiger partial charge in [-0.15, -0.1) is 0 Å². The summed E-state index contributed by atoms with van der Waals surface area (Å²) >= 11 is 0. The molecule has 0 aliphatic carbocycles. The van der Waals surface area contributed by atoms with E-state index in [1.165, 1.54) is 24.8 Å². The molecule has 1 heterocycles. The molecule has 0 aromatic carbocycles. The van der Waals surface area contributed by atoms with Crippen molar-refractivity contribution in [2.45, 2.75) is 39.2 Å². The van der Waals surface area contributed by atoms with Gasteiger partial charge in [-0.05, 0) is 30.8 Å². The number of hydrogen-bond acceptors (Lipinski definition) is 1. The van der Waals surface area contributed by atoms with Gasteiger partial charge in [0.25, 0.3) is 0 Å². The van der Waals surface area contributed by atoms with Gasteiger partial charge in [0.05, 0.1) is 6.10 Å². The van der Waals surface area contributed by atoms with Crippen molar-refractivity contribution in [3.63, 3.8) is 0 Å². The van der Waals surface area contributed by atoms with Crippen LogP contribution in [0.1, 0.15) is 33.1 Å². The second-order valence-electron chi connectivity index (χ2n) is 3.58. The highest BCUT2D eigenvalue weighted by atomic mass is 16.5. The molecule has 0 aromatic rings. The first-order valence-electron chi connectivity index (χ1n) is 4.52. The predicted octanol–water partition coefficient (Wildman–Crippen LogP) is 2.77. The van der Waals surface area contributed by atoms with Gasteiger partial charge in [0, 0.05) is 6.61 Å². The molecule has 0 spiro atoms. The molecule has 11 heavy (non-hydrogen) atoms. The summed E-state index contributed by atoms with van der Waals surface area (Å²) in [6, 6.07) is 0. The molecular formula is C10H18O. The average molecular weight is 154 g/mol. The van der Waals surface area contributed by atoms with E-state index < -0.39 is 0 Å². The van der Waals surface area contributed by atoms with E-state index in [2.05, 4.69) is 20.4 Å². The second kappa shape index (κ2) is 3.91. The van der Waals surface area contributed by atoms with Crippen molar-refractivity contribution in [3.05, 3.63) is 12.2 Å². The van der Waals surface area contributed by atoms with Crippen LogP contribution in [-0.2, 0) is 4.74 Å². The Balaban J connectivity index is 2.39. The summed E-state index contributed by atoms with van der Waals surface area (Å²) in [6.45, 7) is 9.34. The maximum atomic E-state index is 5.60. The van der Waals surface area contributed by atoms with Gasteiger partial charge in [-0.25, -0.2) is 0 Å². The normalized spacial score (nSPS) is 25.5. The molecular weight excluding hydrogens is 136 g/mol. The van der Waals surface area contributed by atoms with Gasteiger partial charge in [-0.2, -0.15) is 0 Å². The van der Waals surface area contributed by atoms with Crippen molar-refractivity contribution in [3.8, 4) is 0 Å². The minimum atomic E-state index is 0.351. The van der Waals surface area contributed by atoms with Crippen LogP contribution in [0.4, 0.5) is 0 Å². The number of ether oxygens (including phenoxy) is 1. The SMILES string of the molecule is C=C(C(C)C)C1CCCCO1. The van der Waals surface area contributed by atoms with Crippen LogP contribution in [0.25, 0.3) is 0 Å². The maximum Gasteiger partial charge on any atom is 0.0784 e. The topological polar surface area (TPSA) is 9.23 Å². The van der Waals surface area contributed by atoms with Crippen LogP contribution in [0.2, 0.25) is 0 Å². The summed E-state index contributed by atoms with van der Waals surface area (Å²) < 4.78 is 5.60. The number of hydrogen-bond donors (Lipinski definition) is 0. The van der Waals surface area contributed by atoms with Gasteiger partial charge >= 0.3 is 0 Å². The third-order valence-electron chi connectivity index (χ3n) is 2.33. The molecule has 1 aliphatic heterocycles. The Labute approximate surface area is 69.4 Å². The Morgan fingerprint density at radius 1 is 1.45 bits per heavy atom. The Kier molecular flexibility index (Phi) is 3.13. The van der Waals surface area contributed by atoms with E-state index in [9.17, 15) is 0 Å². The van der Waals surface area contributed by atoms with Crippen LogP contribution in [0.5, 0.6) is 0 Å². The predicted molar refractivity (Wildman–Crippen MR) is 47.6 cm³/mol. The molecule has 0 radical (unpaired) electrons. The van der Waals surface area contributed by atoms with E-state index in [0.29, 0.717) is 12.0 Å². The highest BCUT2D eigenvalue weighted by Crippen LogP contribution is 2.23. The molecule has 1 aliphatic rings. The van der Waals surface area contributed by atoms with Crippen molar-refractivity contribution in [1.29, 1.82) is 0 Å². The van der Waals surface area contributed by atoms with Gasteiger partial charge in [0.15, 0.2) is 0 Å². The molecule has 1 unspecified atom stereocenters. The second-order valence-corrected chi connectivity index (χ2v) is 3.58. The van der Waals surface area contributed by atoms with E-state index in [-0.39, 0.29) is 0 Å². The van der Waals surface area contributed by atoms with Crippen molar-refractivity contribution in [2.75, 3.05) is 6.61 Å². The first kappa shape index (κ1) is 8.79. The average Bonchev–Trinajstić information content (AvgIpc) is 2.05. The molecule has 1 atom stereocenters. The van der Waals surface area contributed by atoms with Gasteiger partial charge in [0.2, 0.25) is 0 Å². The monoisotopic (exact) mass is 154 g/mol. The fourth-order valence-corrected chi connectivity index (χ4v) is 1.40. The third kappa shape index (κ3) is 2.33. The Morgan fingerprint density at radius 3 is 2.64 bits per heavy atom. The van der Waals surface area contributed by atoms with Crippen LogP contribution in [-0.4, -0.2) is 12.7 Å². The van der Waals surface area contributed by atoms with E-state index >= 15 is 0 Å². The molecule has 0 aromatic heterocycles. The fourth-order valence-electron chi connectivity index (χ4n) is 1.40. The van der Waals surface area contributed by atoms with E-state index in [1.807, 2.05) is 0 Å². The molecule has 1 rings (SSSR count). The molecule has 1 fully saturated rings. The lowest BCUT2D eigenvalue weighted by Crippen LogP contribution is -2.23. The van der Waals surface area contributed by atoms with E-state index in [4.69, 9.17) is 4.74 Å². The minimum absolute atomic E-state index is 0.351. The zero-order chi connectivity index (χ0) is 8.27. The Morgan fingerprint density at radius 2 is 2.18 bits per heavy atom. The van der Waals surface area contributed by atoms with Crippen molar-refractivity contribution in [2.24, 2.45) is 5.92 Å². The zero-order valence-electron chi connectivity index (χ0n) is 7.60. The number of rotatable bonds is 2. The molecule has 0 bridgehead atoms. The fraction of sp³-hybridized carbons (Fsp3) is 0.800. The highest BCUT2D eigenvalue weighted by molar-refractivity contribution is 5.05. The van der Waals surface area contributed by atoms with Crippen molar-refractivity contribution < 1.29 is 4.74 Å². The molecule has 1 saturated heterocycles. The molecule has 0 N–H and O–H groups in total. The molecule has 0 amide bonds. The molecule has 1 heteroatoms. The largest absolute Gasteiger partial charge is 0.374 e. The third-order valence-corrected chi connectivity index (χ3v) is 2.33. The van der Waals surface area contributed by atoms with Crippen LogP contribution in [0, 0.1) is 5.92 Å². The quantitative estimate of drug-likeness (QED) is 0.556. The summed E-state index contributed by atoms with van der Waals surface area (Å²) in [6.07, 6.45) is 4.05. The van der Waals surface area contributed by atoms with Gasteiger partial charge in [0.1, 0.15) is 0 Å². The highest BCUT2D eigenvalue weighted by Gasteiger charge is 2.18. The Bertz CT molecular complexity index is 132. The standard InChI is InChI=1S/C10H18O/c1-8(2)9(3)10-6-4-5-7-11-10/h8,10H,3-7H2,1-2H3. The van der Waals surface area contributed by atoms with Crippen molar-refractivity contribution >= 4 is 0 Å². The summed E-state index contributed by atoms with van der Waals surface area (Å²) in [5.74, 6) is 0.568. The molecule has 64 valence electrons. The lowest BCUT2D eigenvalue weighted by atomic mass is 9.94.